The zero-order valence-corrected chi connectivity index (χ0v) is 7.75. The molecule has 13 heavy (non-hydrogen) atoms. The highest BCUT2D eigenvalue weighted by atomic mass is 16.3. The summed E-state index contributed by atoms with van der Waals surface area (Å²) in [4.78, 5) is 15.1. The molecule has 1 amide bonds. The second-order valence-electron chi connectivity index (χ2n) is 3.22. The first-order chi connectivity index (χ1) is 6.04. The Balaban J connectivity index is 2.84. The van der Waals surface area contributed by atoms with Crippen molar-refractivity contribution in [1.29, 1.82) is 0 Å². The van der Waals surface area contributed by atoms with Gasteiger partial charge in [0.2, 0.25) is 5.88 Å². The smallest absolute Gasteiger partial charge is 0.279 e. The molecule has 0 atom stereocenters. The average Bonchev–Trinajstić information content (AvgIpc) is 2.47. The van der Waals surface area contributed by atoms with Gasteiger partial charge in [-0.05, 0) is 13.8 Å². The second kappa shape index (κ2) is 2.22. The maximum absolute atomic E-state index is 11.4. The molecule has 1 aromatic rings. The van der Waals surface area contributed by atoms with Gasteiger partial charge in [-0.3, -0.25) is 4.79 Å². The first-order valence-electron chi connectivity index (χ1n) is 4.02. The van der Waals surface area contributed by atoms with Crippen LogP contribution in [0.2, 0.25) is 0 Å². The number of hydrogen-bond acceptors (Lipinski definition) is 2. The van der Waals surface area contributed by atoms with E-state index < -0.39 is 0 Å². The van der Waals surface area contributed by atoms with E-state index in [0.717, 1.165) is 5.69 Å². The fourth-order valence-electron chi connectivity index (χ4n) is 1.66. The van der Waals surface area contributed by atoms with Crippen molar-refractivity contribution in [2.24, 2.45) is 12.0 Å². The van der Waals surface area contributed by atoms with Gasteiger partial charge in [-0.15, -0.1) is 0 Å². The molecular weight excluding hydrogens is 168 g/mol. The molecule has 0 radical (unpaired) electrons. The molecule has 68 valence electrons. The van der Waals surface area contributed by atoms with Crippen LogP contribution in [0.1, 0.15) is 28.5 Å². The quantitative estimate of drug-likeness (QED) is 0.644. The van der Waals surface area contributed by atoms with E-state index in [-0.39, 0.29) is 11.8 Å². The number of aromatic hydroxyl groups is 1. The number of hydrogen-bond donors (Lipinski definition) is 1. The fraction of sp³-hybridized carbons (Fsp3) is 0.333. The van der Waals surface area contributed by atoms with Gasteiger partial charge in [-0.1, -0.05) is 0 Å². The molecule has 0 saturated heterocycles. The van der Waals surface area contributed by atoms with Crippen LogP contribution >= 0.6 is 0 Å². The molecular formula is C9H10N2O2. The van der Waals surface area contributed by atoms with Crippen LogP contribution in [-0.2, 0) is 7.05 Å². The number of aliphatic imine (C=N–C) groups is 1. The Morgan fingerprint density at radius 3 is 2.46 bits per heavy atom. The third-order valence-corrected chi connectivity index (χ3v) is 2.50. The first-order valence-corrected chi connectivity index (χ1v) is 4.02. The SMILES string of the molecule is CC1=NC(=O)c2c1c(O)n(C)c2C. The van der Waals surface area contributed by atoms with Gasteiger partial charge in [-0.2, -0.15) is 0 Å². The van der Waals surface area contributed by atoms with E-state index in [1.54, 1.807) is 25.5 Å². The van der Waals surface area contributed by atoms with Crippen LogP contribution in [-0.4, -0.2) is 21.3 Å². The van der Waals surface area contributed by atoms with Crippen LogP contribution < -0.4 is 0 Å². The zero-order chi connectivity index (χ0) is 9.75. The summed E-state index contributed by atoms with van der Waals surface area (Å²) in [5, 5.41) is 9.66. The summed E-state index contributed by atoms with van der Waals surface area (Å²) < 4.78 is 1.60. The lowest BCUT2D eigenvalue weighted by molar-refractivity contribution is 0.101. The van der Waals surface area contributed by atoms with Crippen molar-refractivity contribution in [3.05, 3.63) is 16.8 Å². The Bertz CT molecular complexity index is 441. The number of carbonyl (C=O) groups is 1. The maximum Gasteiger partial charge on any atom is 0.279 e. The minimum Gasteiger partial charge on any atom is -0.494 e. The van der Waals surface area contributed by atoms with Gasteiger partial charge in [0.1, 0.15) is 0 Å². The molecule has 0 aliphatic carbocycles. The Hall–Kier alpha value is -1.58. The molecule has 1 aromatic heterocycles. The summed E-state index contributed by atoms with van der Waals surface area (Å²) in [6.45, 7) is 3.52. The van der Waals surface area contributed by atoms with Crippen LogP contribution in [0.5, 0.6) is 5.88 Å². The molecule has 4 nitrogen and oxygen atoms in total. The molecule has 0 spiro atoms. The Kier molecular flexibility index (Phi) is 1.37. The highest BCUT2D eigenvalue weighted by Gasteiger charge is 2.29. The van der Waals surface area contributed by atoms with Crippen molar-refractivity contribution in [1.82, 2.24) is 4.57 Å². The van der Waals surface area contributed by atoms with E-state index in [4.69, 9.17) is 0 Å². The number of nitrogens with zero attached hydrogens (tertiary/aromatic N) is 2. The van der Waals surface area contributed by atoms with Gasteiger partial charge in [0.05, 0.1) is 16.8 Å². The minimum atomic E-state index is -0.249. The summed E-state index contributed by atoms with van der Waals surface area (Å²) in [5.74, 6) is -0.125. The van der Waals surface area contributed by atoms with Gasteiger partial charge < -0.3 is 9.67 Å². The highest BCUT2D eigenvalue weighted by Crippen LogP contribution is 2.32. The van der Waals surface area contributed by atoms with Crippen molar-refractivity contribution >= 4 is 11.6 Å². The van der Waals surface area contributed by atoms with Crippen LogP contribution in [0.15, 0.2) is 4.99 Å². The fourth-order valence-corrected chi connectivity index (χ4v) is 1.66. The molecule has 0 aromatic carbocycles. The molecule has 1 aliphatic rings. The topological polar surface area (TPSA) is 54.6 Å². The lowest BCUT2D eigenvalue weighted by Crippen LogP contribution is -1.96. The summed E-state index contributed by atoms with van der Waals surface area (Å²) in [5.41, 5.74) is 2.49. The Labute approximate surface area is 75.5 Å². The number of rotatable bonds is 0. The van der Waals surface area contributed by atoms with Crippen LogP contribution in [0, 0.1) is 6.92 Å². The standard InChI is InChI=1S/C9H10N2O2/c1-4-6-7(8(12)10-4)5(2)11(3)9(6)13/h13H,1-3H3. The molecule has 0 saturated carbocycles. The van der Waals surface area contributed by atoms with Crippen molar-refractivity contribution < 1.29 is 9.90 Å². The van der Waals surface area contributed by atoms with Gasteiger partial charge in [-0.25, -0.2) is 4.99 Å². The molecule has 1 N–H and O–H groups in total. The van der Waals surface area contributed by atoms with E-state index in [9.17, 15) is 9.90 Å². The average molecular weight is 178 g/mol. The third-order valence-electron chi connectivity index (χ3n) is 2.50. The molecule has 2 heterocycles. The lowest BCUT2D eigenvalue weighted by atomic mass is 10.1. The molecule has 0 unspecified atom stereocenters. The minimum absolute atomic E-state index is 0.125. The summed E-state index contributed by atoms with van der Waals surface area (Å²) in [6.07, 6.45) is 0. The molecule has 4 heteroatoms. The molecule has 0 fully saturated rings. The predicted octanol–water partition coefficient (Wildman–Crippen LogP) is 1.00. The van der Waals surface area contributed by atoms with E-state index >= 15 is 0 Å². The summed E-state index contributed by atoms with van der Waals surface area (Å²) >= 11 is 0. The van der Waals surface area contributed by atoms with E-state index in [1.165, 1.54) is 0 Å². The number of fused-ring (bicyclic) bond motifs is 1. The molecule has 1 aliphatic heterocycles. The predicted molar refractivity (Wildman–Crippen MR) is 48.4 cm³/mol. The number of amides is 1. The summed E-state index contributed by atoms with van der Waals surface area (Å²) in [6, 6.07) is 0. The van der Waals surface area contributed by atoms with Gasteiger partial charge in [0.25, 0.3) is 5.91 Å². The van der Waals surface area contributed by atoms with Gasteiger partial charge >= 0.3 is 0 Å². The summed E-state index contributed by atoms with van der Waals surface area (Å²) in [7, 11) is 1.73. The highest BCUT2D eigenvalue weighted by molar-refractivity contribution is 6.22. The van der Waals surface area contributed by atoms with Crippen molar-refractivity contribution in [2.45, 2.75) is 13.8 Å². The largest absolute Gasteiger partial charge is 0.494 e. The van der Waals surface area contributed by atoms with E-state index in [1.807, 2.05) is 0 Å². The monoisotopic (exact) mass is 178 g/mol. The maximum atomic E-state index is 11.4. The van der Waals surface area contributed by atoms with Crippen molar-refractivity contribution in [2.75, 3.05) is 0 Å². The van der Waals surface area contributed by atoms with Crippen LogP contribution in [0.25, 0.3) is 0 Å². The zero-order valence-electron chi connectivity index (χ0n) is 7.75. The Morgan fingerprint density at radius 1 is 1.31 bits per heavy atom. The van der Waals surface area contributed by atoms with Crippen LogP contribution in [0.4, 0.5) is 0 Å². The number of aromatic nitrogens is 1. The first kappa shape index (κ1) is 8.04. The lowest BCUT2D eigenvalue weighted by Gasteiger charge is -1.99. The number of carbonyl (C=O) groups excluding carboxylic acids is 1. The Morgan fingerprint density at radius 2 is 1.92 bits per heavy atom. The van der Waals surface area contributed by atoms with Gasteiger partial charge in [0.15, 0.2) is 0 Å². The molecule has 2 rings (SSSR count). The van der Waals surface area contributed by atoms with Crippen molar-refractivity contribution in [3.63, 3.8) is 0 Å². The van der Waals surface area contributed by atoms with E-state index in [0.29, 0.717) is 16.8 Å². The van der Waals surface area contributed by atoms with Crippen molar-refractivity contribution in [3.8, 4) is 5.88 Å². The van der Waals surface area contributed by atoms with Crippen LogP contribution in [0.3, 0.4) is 0 Å². The van der Waals surface area contributed by atoms with Gasteiger partial charge in [0, 0.05) is 12.7 Å². The van der Waals surface area contributed by atoms with E-state index in [2.05, 4.69) is 4.99 Å². The molecule has 0 bridgehead atoms. The third kappa shape index (κ3) is 0.798. The second-order valence-corrected chi connectivity index (χ2v) is 3.22. The normalized spacial score (nSPS) is 14.7.